The summed E-state index contributed by atoms with van der Waals surface area (Å²) in [6, 6.07) is 10.3. The fourth-order valence-electron chi connectivity index (χ4n) is 4.26. The number of halogens is 1. The van der Waals surface area contributed by atoms with Gasteiger partial charge in [0, 0.05) is 13.6 Å². The predicted molar refractivity (Wildman–Crippen MR) is 122 cm³/mol. The summed E-state index contributed by atoms with van der Waals surface area (Å²) >= 11 is 0. The number of carbonyl (C=O) groups is 3. The molecule has 0 spiro atoms. The molecule has 1 saturated heterocycles. The monoisotopic (exact) mass is 469 g/mol. The van der Waals surface area contributed by atoms with Crippen molar-refractivity contribution in [2.45, 2.75) is 38.3 Å². The second kappa shape index (κ2) is 9.70. The summed E-state index contributed by atoms with van der Waals surface area (Å²) in [7, 11) is 1.61. The minimum Gasteiger partial charge on any atom is -0.486 e. The van der Waals surface area contributed by atoms with E-state index in [1.54, 1.807) is 13.1 Å². The van der Waals surface area contributed by atoms with E-state index in [0.717, 1.165) is 16.9 Å². The number of imide groups is 1. The lowest BCUT2D eigenvalue weighted by atomic mass is 9.85. The van der Waals surface area contributed by atoms with Gasteiger partial charge in [-0.05, 0) is 41.8 Å². The molecule has 2 heterocycles. The molecule has 9 heteroatoms. The Morgan fingerprint density at radius 2 is 1.82 bits per heavy atom. The van der Waals surface area contributed by atoms with Gasteiger partial charge in [0.15, 0.2) is 11.5 Å². The van der Waals surface area contributed by atoms with E-state index in [2.05, 4.69) is 5.32 Å². The Morgan fingerprint density at radius 3 is 2.53 bits per heavy atom. The van der Waals surface area contributed by atoms with Crippen molar-refractivity contribution in [2.24, 2.45) is 0 Å². The summed E-state index contributed by atoms with van der Waals surface area (Å²) in [5, 5.41) is 2.78. The van der Waals surface area contributed by atoms with Crippen LogP contribution in [-0.4, -0.2) is 54.5 Å². The van der Waals surface area contributed by atoms with Crippen molar-refractivity contribution >= 4 is 17.8 Å². The van der Waals surface area contributed by atoms with Crippen LogP contribution in [0.15, 0.2) is 42.5 Å². The van der Waals surface area contributed by atoms with Gasteiger partial charge in [-0.25, -0.2) is 9.18 Å². The maximum Gasteiger partial charge on any atom is 0.325 e. The maximum atomic E-state index is 13.5. The third kappa shape index (κ3) is 4.55. The number of fused-ring (bicyclic) bond motifs is 1. The van der Waals surface area contributed by atoms with Crippen LogP contribution in [0.5, 0.6) is 11.5 Å². The lowest BCUT2D eigenvalue weighted by Gasteiger charge is -2.27. The van der Waals surface area contributed by atoms with Gasteiger partial charge in [0.25, 0.3) is 5.91 Å². The number of hydrogen-bond acceptors (Lipinski definition) is 5. The first-order valence-electron chi connectivity index (χ1n) is 11.4. The molecule has 0 aromatic heterocycles. The number of carbonyl (C=O) groups excluding carboxylic acids is 3. The highest BCUT2D eigenvalue weighted by molar-refractivity contribution is 6.09. The van der Waals surface area contributed by atoms with Crippen LogP contribution in [0.3, 0.4) is 0 Å². The van der Waals surface area contributed by atoms with Crippen molar-refractivity contribution < 1.29 is 28.2 Å². The average molecular weight is 470 g/mol. The highest BCUT2D eigenvalue weighted by Crippen LogP contribution is 2.35. The largest absolute Gasteiger partial charge is 0.486 e. The van der Waals surface area contributed by atoms with Crippen LogP contribution in [0, 0.1) is 5.82 Å². The molecule has 2 aliphatic heterocycles. The second-order valence-electron chi connectivity index (χ2n) is 8.57. The molecule has 1 unspecified atom stereocenters. The van der Waals surface area contributed by atoms with Gasteiger partial charge in [0.2, 0.25) is 5.91 Å². The molecule has 34 heavy (non-hydrogen) atoms. The topological polar surface area (TPSA) is 88.2 Å². The first kappa shape index (κ1) is 23.5. The normalized spacial score (nSPS) is 19.2. The van der Waals surface area contributed by atoms with E-state index in [9.17, 15) is 18.8 Å². The Labute approximate surface area is 197 Å². The van der Waals surface area contributed by atoms with Crippen molar-refractivity contribution in [1.29, 1.82) is 0 Å². The summed E-state index contributed by atoms with van der Waals surface area (Å²) in [6.07, 6.45) is 1.84. The highest BCUT2D eigenvalue weighted by Gasteiger charge is 2.52. The zero-order chi connectivity index (χ0) is 24.3. The van der Waals surface area contributed by atoms with E-state index in [-0.39, 0.29) is 19.0 Å². The lowest BCUT2D eigenvalue weighted by molar-refractivity contribution is -0.139. The number of urea groups is 1. The van der Waals surface area contributed by atoms with Crippen molar-refractivity contribution in [1.82, 2.24) is 15.1 Å². The first-order chi connectivity index (χ1) is 16.3. The molecule has 0 saturated carbocycles. The van der Waals surface area contributed by atoms with E-state index >= 15 is 0 Å². The van der Waals surface area contributed by atoms with Gasteiger partial charge in [-0.2, -0.15) is 0 Å². The Kier molecular flexibility index (Phi) is 6.72. The van der Waals surface area contributed by atoms with Crippen LogP contribution in [-0.2, 0) is 21.7 Å². The summed E-state index contributed by atoms with van der Waals surface area (Å²) in [5.41, 5.74) is 0.0244. The summed E-state index contributed by atoms with van der Waals surface area (Å²) in [6.45, 7) is 2.83. The molecule has 1 N–H and O–H groups in total. The van der Waals surface area contributed by atoms with Crippen LogP contribution < -0.4 is 14.8 Å². The van der Waals surface area contributed by atoms with Gasteiger partial charge in [-0.3, -0.25) is 14.5 Å². The number of unbranched alkanes of at least 4 members (excludes halogenated alkanes) is 1. The third-order valence-corrected chi connectivity index (χ3v) is 6.16. The summed E-state index contributed by atoms with van der Waals surface area (Å²) in [4.78, 5) is 41.6. The molecule has 4 rings (SSSR count). The van der Waals surface area contributed by atoms with Crippen molar-refractivity contribution in [3.05, 3.63) is 59.4 Å². The van der Waals surface area contributed by atoms with Gasteiger partial charge in [0.1, 0.15) is 31.1 Å². The maximum absolute atomic E-state index is 13.5. The quantitative estimate of drug-likeness (QED) is 0.600. The molecular weight excluding hydrogens is 441 g/mol. The molecule has 0 bridgehead atoms. The molecule has 2 aliphatic rings. The molecule has 1 atom stereocenters. The number of hydrogen-bond donors (Lipinski definition) is 1. The van der Waals surface area contributed by atoms with E-state index in [1.807, 2.05) is 19.1 Å². The standard InChI is InChI=1S/C25H28FN3O5/c1-3-4-11-25(18-6-8-19(26)9-7-18)23(31)29(24(32)27-25)16-22(30)28(2)15-17-5-10-20-21(14-17)34-13-12-33-20/h5-10,14H,3-4,11-13,15-16H2,1-2H3,(H,27,32). The van der Waals surface area contributed by atoms with E-state index in [4.69, 9.17) is 9.47 Å². The summed E-state index contributed by atoms with van der Waals surface area (Å²) in [5.74, 6) is -0.0346. The minimum atomic E-state index is -1.31. The number of amides is 4. The van der Waals surface area contributed by atoms with Gasteiger partial charge in [0.05, 0.1) is 0 Å². The molecule has 1 fully saturated rings. The molecular formula is C25H28FN3O5. The summed E-state index contributed by atoms with van der Waals surface area (Å²) < 4.78 is 24.6. The van der Waals surface area contributed by atoms with Crippen LogP contribution in [0.25, 0.3) is 0 Å². The Morgan fingerprint density at radius 1 is 1.12 bits per heavy atom. The second-order valence-corrected chi connectivity index (χ2v) is 8.57. The smallest absolute Gasteiger partial charge is 0.325 e. The Hall–Kier alpha value is -3.62. The van der Waals surface area contributed by atoms with Crippen LogP contribution >= 0.6 is 0 Å². The van der Waals surface area contributed by atoms with E-state index in [1.165, 1.54) is 29.2 Å². The lowest BCUT2D eigenvalue weighted by Crippen LogP contribution is -2.45. The molecule has 180 valence electrons. The van der Waals surface area contributed by atoms with Gasteiger partial charge in [-0.1, -0.05) is 38.0 Å². The number of ether oxygens (including phenoxy) is 2. The molecule has 2 aromatic rings. The fraction of sp³-hybridized carbons (Fsp3) is 0.400. The third-order valence-electron chi connectivity index (χ3n) is 6.16. The average Bonchev–Trinajstić information content (AvgIpc) is 3.08. The zero-order valence-electron chi connectivity index (χ0n) is 19.3. The van der Waals surface area contributed by atoms with Crippen molar-refractivity contribution in [2.75, 3.05) is 26.8 Å². The first-order valence-corrected chi connectivity index (χ1v) is 11.4. The van der Waals surface area contributed by atoms with Crippen molar-refractivity contribution in [3.63, 3.8) is 0 Å². The Balaban J connectivity index is 1.48. The van der Waals surface area contributed by atoms with Crippen LogP contribution in [0.1, 0.15) is 37.3 Å². The fourth-order valence-corrected chi connectivity index (χ4v) is 4.26. The van der Waals surface area contributed by atoms with Gasteiger partial charge < -0.3 is 19.7 Å². The molecule has 0 radical (unpaired) electrons. The van der Waals surface area contributed by atoms with Gasteiger partial charge in [-0.15, -0.1) is 0 Å². The molecule has 0 aliphatic carbocycles. The highest BCUT2D eigenvalue weighted by atomic mass is 19.1. The molecule has 2 aromatic carbocycles. The van der Waals surface area contributed by atoms with Crippen LogP contribution in [0.4, 0.5) is 9.18 Å². The van der Waals surface area contributed by atoms with Gasteiger partial charge >= 0.3 is 6.03 Å². The SMILES string of the molecule is CCCCC1(c2ccc(F)cc2)NC(=O)N(CC(=O)N(C)Cc2ccc3c(c2)OCCO3)C1=O. The van der Waals surface area contributed by atoms with E-state index in [0.29, 0.717) is 43.1 Å². The number of benzene rings is 2. The number of nitrogens with one attached hydrogen (secondary N) is 1. The minimum absolute atomic E-state index is 0.276. The number of likely N-dealkylation sites (N-methyl/N-ethyl adjacent to an activating group) is 1. The predicted octanol–water partition coefficient (Wildman–Crippen LogP) is 3.19. The number of rotatable bonds is 8. The number of nitrogens with zero attached hydrogens (tertiary/aromatic N) is 2. The molecule has 4 amide bonds. The Bertz CT molecular complexity index is 1090. The zero-order valence-corrected chi connectivity index (χ0v) is 19.3. The molecule has 8 nitrogen and oxygen atoms in total. The van der Waals surface area contributed by atoms with Crippen LogP contribution in [0.2, 0.25) is 0 Å². The van der Waals surface area contributed by atoms with Crippen molar-refractivity contribution in [3.8, 4) is 11.5 Å². The van der Waals surface area contributed by atoms with E-state index < -0.39 is 23.3 Å².